The second kappa shape index (κ2) is 5.60. The smallest absolute Gasteiger partial charge is 0.208 e. The molecule has 0 aromatic carbocycles. The Kier molecular flexibility index (Phi) is 4.69. The maximum atomic E-state index is 10.8. The van der Waals surface area contributed by atoms with Gasteiger partial charge >= 0.3 is 0 Å². The van der Waals surface area contributed by atoms with Crippen molar-refractivity contribution in [2.45, 2.75) is 20.3 Å². The molecule has 0 spiro atoms. The zero-order valence-corrected chi connectivity index (χ0v) is 11.3. The normalized spacial score (nSPS) is 11.7. The highest BCUT2D eigenvalue weighted by molar-refractivity contribution is 7.88. The van der Waals surface area contributed by atoms with E-state index in [0.29, 0.717) is 6.54 Å². The summed E-state index contributed by atoms with van der Waals surface area (Å²) in [4.78, 5) is 5.53. The number of anilines is 1. The van der Waals surface area contributed by atoms with Crippen molar-refractivity contribution in [1.29, 1.82) is 0 Å². The van der Waals surface area contributed by atoms with Gasteiger partial charge in [0.25, 0.3) is 0 Å². The standard InChI is InChI=1S/C9H17N3O2S2/c1-7-8(2)15-9(12-7)10-5-4-6-11-16(3,13)14/h11H,4-6H2,1-3H3,(H,10,12). The van der Waals surface area contributed by atoms with Crippen LogP contribution in [0.5, 0.6) is 0 Å². The largest absolute Gasteiger partial charge is 0.361 e. The summed E-state index contributed by atoms with van der Waals surface area (Å²) in [5.41, 5.74) is 1.04. The maximum Gasteiger partial charge on any atom is 0.208 e. The molecule has 0 unspecified atom stereocenters. The van der Waals surface area contributed by atoms with E-state index in [1.54, 1.807) is 11.3 Å². The number of aryl methyl sites for hydroxylation is 2. The zero-order valence-electron chi connectivity index (χ0n) is 9.70. The monoisotopic (exact) mass is 263 g/mol. The molecule has 0 amide bonds. The minimum Gasteiger partial charge on any atom is -0.361 e. The van der Waals surface area contributed by atoms with Crippen LogP contribution in [0.2, 0.25) is 0 Å². The number of nitrogens with one attached hydrogen (secondary N) is 2. The van der Waals surface area contributed by atoms with Gasteiger partial charge < -0.3 is 5.32 Å². The molecule has 1 aromatic rings. The lowest BCUT2D eigenvalue weighted by Crippen LogP contribution is -2.24. The number of thiazole rings is 1. The summed E-state index contributed by atoms with van der Waals surface area (Å²) in [6.07, 6.45) is 1.90. The molecule has 1 aromatic heterocycles. The molecule has 5 nitrogen and oxygen atoms in total. The summed E-state index contributed by atoms with van der Waals surface area (Å²) in [5, 5.41) is 4.06. The van der Waals surface area contributed by atoms with Crippen molar-refractivity contribution in [3.05, 3.63) is 10.6 Å². The van der Waals surface area contributed by atoms with Gasteiger partial charge in [-0.1, -0.05) is 0 Å². The molecule has 0 bridgehead atoms. The zero-order chi connectivity index (χ0) is 12.2. The van der Waals surface area contributed by atoms with E-state index in [-0.39, 0.29) is 0 Å². The predicted octanol–water partition coefficient (Wildman–Crippen LogP) is 1.11. The Balaban J connectivity index is 2.21. The van der Waals surface area contributed by atoms with Gasteiger partial charge in [0.2, 0.25) is 10.0 Å². The molecule has 0 radical (unpaired) electrons. The minimum atomic E-state index is -3.06. The van der Waals surface area contributed by atoms with Crippen molar-refractivity contribution in [2.24, 2.45) is 0 Å². The van der Waals surface area contributed by atoms with Crippen LogP contribution in [-0.2, 0) is 10.0 Å². The first-order valence-corrected chi connectivity index (χ1v) is 7.72. The average Bonchev–Trinajstić information content (AvgIpc) is 2.44. The van der Waals surface area contributed by atoms with E-state index >= 15 is 0 Å². The molecule has 1 heterocycles. The predicted molar refractivity (Wildman–Crippen MR) is 67.5 cm³/mol. The van der Waals surface area contributed by atoms with Crippen LogP contribution in [0.4, 0.5) is 5.13 Å². The van der Waals surface area contributed by atoms with Gasteiger partial charge in [-0.05, 0) is 20.3 Å². The summed E-state index contributed by atoms with van der Waals surface area (Å²) in [6, 6.07) is 0. The van der Waals surface area contributed by atoms with Crippen molar-refractivity contribution in [3.63, 3.8) is 0 Å². The van der Waals surface area contributed by atoms with E-state index in [4.69, 9.17) is 0 Å². The topological polar surface area (TPSA) is 71.1 Å². The molecule has 0 saturated carbocycles. The number of nitrogens with zero attached hydrogens (tertiary/aromatic N) is 1. The fourth-order valence-corrected chi connectivity index (χ4v) is 2.44. The van der Waals surface area contributed by atoms with E-state index in [9.17, 15) is 8.42 Å². The Bertz CT molecular complexity index is 420. The van der Waals surface area contributed by atoms with Gasteiger partial charge in [0, 0.05) is 18.0 Å². The van der Waals surface area contributed by atoms with Crippen LogP contribution < -0.4 is 10.0 Å². The lowest BCUT2D eigenvalue weighted by Gasteiger charge is -2.03. The lowest BCUT2D eigenvalue weighted by molar-refractivity contribution is 0.586. The summed E-state index contributed by atoms with van der Waals surface area (Å²) in [5.74, 6) is 0. The maximum absolute atomic E-state index is 10.8. The second-order valence-electron chi connectivity index (χ2n) is 3.61. The molecule has 7 heteroatoms. The first kappa shape index (κ1) is 13.4. The molecule has 0 atom stereocenters. The van der Waals surface area contributed by atoms with Gasteiger partial charge in [-0.3, -0.25) is 0 Å². The third-order valence-corrected chi connectivity index (χ3v) is 3.78. The van der Waals surface area contributed by atoms with E-state index in [1.807, 2.05) is 13.8 Å². The first-order chi connectivity index (χ1) is 7.38. The van der Waals surface area contributed by atoms with Crippen molar-refractivity contribution >= 4 is 26.5 Å². The lowest BCUT2D eigenvalue weighted by atomic mass is 10.4. The van der Waals surface area contributed by atoms with Crippen LogP contribution >= 0.6 is 11.3 Å². The quantitative estimate of drug-likeness (QED) is 0.754. The highest BCUT2D eigenvalue weighted by Gasteiger charge is 2.02. The van der Waals surface area contributed by atoms with Gasteiger partial charge in [-0.25, -0.2) is 18.1 Å². The number of sulfonamides is 1. The van der Waals surface area contributed by atoms with Crippen LogP contribution in [0, 0.1) is 13.8 Å². The third kappa shape index (κ3) is 4.91. The molecule has 0 aliphatic rings. The van der Waals surface area contributed by atoms with E-state index < -0.39 is 10.0 Å². The summed E-state index contributed by atoms with van der Waals surface area (Å²) in [7, 11) is -3.06. The summed E-state index contributed by atoms with van der Waals surface area (Å²) in [6.45, 7) is 5.18. The van der Waals surface area contributed by atoms with E-state index in [0.717, 1.165) is 30.0 Å². The Hall–Kier alpha value is -0.660. The van der Waals surface area contributed by atoms with Crippen molar-refractivity contribution in [3.8, 4) is 0 Å². The van der Waals surface area contributed by atoms with Crippen molar-refractivity contribution < 1.29 is 8.42 Å². The molecule has 16 heavy (non-hydrogen) atoms. The van der Waals surface area contributed by atoms with Crippen LogP contribution in [-0.4, -0.2) is 32.7 Å². The molecular formula is C9H17N3O2S2. The molecule has 1 rings (SSSR count). The molecule has 0 fully saturated rings. The Morgan fingerprint density at radius 3 is 2.50 bits per heavy atom. The van der Waals surface area contributed by atoms with Gasteiger partial charge in [-0.15, -0.1) is 11.3 Å². The van der Waals surface area contributed by atoms with Crippen LogP contribution in [0.3, 0.4) is 0 Å². The van der Waals surface area contributed by atoms with Crippen LogP contribution in [0.1, 0.15) is 17.0 Å². The minimum absolute atomic E-state index is 0.454. The van der Waals surface area contributed by atoms with Crippen LogP contribution in [0.15, 0.2) is 0 Å². The first-order valence-electron chi connectivity index (χ1n) is 5.01. The Morgan fingerprint density at radius 1 is 1.31 bits per heavy atom. The average molecular weight is 263 g/mol. The van der Waals surface area contributed by atoms with Crippen molar-refractivity contribution in [1.82, 2.24) is 9.71 Å². The second-order valence-corrected chi connectivity index (χ2v) is 6.64. The third-order valence-electron chi connectivity index (χ3n) is 2.02. The van der Waals surface area contributed by atoms with Crippen molar-refractivity contribution in [2.75, 3.05) is 24.7 Å². The molecular weight excluding hydrogens is 246 g/mol. The van der Waals surface area contributed by atoms with Crippen LogP contribution in [0.25, 0.3) is 0 Å². The molecule has 0 aliphatic carbocycles. The Labute approximate surface area is 100 Å². The summed E-state index contributed by atoms with van der Waals surface area (Å²) < 4.78 is 24.0. The summed E-state index contributed by atoms with van der Waals surface area (Å²) >= 11 is 1.62. The van der Waals surface area contributed by atoms with Gasteiger partial charge in [0.15, 0.2) is 5.13 Å². The number of rotatable bonds is 6. The Morgan fingerprint density at radius 2 is 2.00 bits per heavy atom. The SMILES string of the molecule is Cc1nc(NCCCNS(C)(=O)=O)sc1C. The number of aromatic nitrogens is 1. The molecule has 2 N–H and O–H groups in total. The number of hydrogen-bond donors (Lipinski definition) is 2. The highest BCUT2D eigenvalue weighted by atomic mass is 32.2. The fourth-order valence-electron chi connectivity index (χ4n) is 1.09. The van der Waals surface area contributed by atoms with E-state index in [1.165, 1.54) is 4.88 Å². The fraction of sp³-hybridized carbons (Fsp3) is 0.667. The van der Waals surface area contributed by atoms with Gasteiger partial charge in [-0.2, -0.15) is 0 Å². The number of hydrogen-bond acceptors (Lipinski definition) is 5. The van der Waals surface area contributed by atoms with E-state index in [2.05, 4.69) is 15.0 Å². The van der Waals surface area contributed by atoms with Gasteiger partial charge in [0.1, 0.15) is 0 Å². The molecule has 0 saturated heterocycles. The molecule has 92 valence electrons. The highest BCUT2D eigenvalue weighted by Crippen LogP contribution is 2.20. The van der Waals surface area contributed by atoms with Gasteiger partial charge in [0.05, 0.1) is 11.9 Å². The molecule has 0 aliphatic heterocycles.